The lowest BCUT2D eigenvalue weighted by Gasteiger charge is -2.16. The molecule has 9 heteroatoms. The Balaban J connectivity index is 1.68. The molecular weight excluding hydrogens is 362 g/mol. The number of nitrogens with one attached hydrogen (secondary N) is 2. The van der Waals surface area contributed by atoms with Crippen LogP contribution in [-0.4, -0.2) is 44.6 Å². The van der Waals surface area contributed by atoms with Crippen LogP contribution >= 0.6 is 0 Å². The first kappa shape index (κ1) is 19.3. The van der Waals surface area contributed by atoms with E-state index in [0.717, 1.165) is 5.56 Å². The maximum atomic E-state index is 12.5. The Morgan fingerprint density at radius 2 is 2.04 bits per heavy atom. The molecule has 3 aromatic rings. The summed E-state index contributed by atoms with van der Waals surface area (Å²) in [5, 5.41) is 5.39. The van der Waals surface area contributed by atoms with Gasteiger partial charge in [-0.1, -0.05) is 30.3 Å². The Morgan fingerprint density at radius 1 is 1.29 bits per heavy atom. The van der Waals surface area contributed by atoms with Gasteiger partial charge in [-0.2, -0.15) is 4.52 Å². The van der Waals surface area contributed by atoms with Crippen LogP contribution in [0.1, 0.15) is 23.2 Å². The highest BCUT2D eigenvalue weighted by Gasteiger charge is 2.22. The van der Waals surface area contributed by atoms with Gasteiger partial charge in [0.25, 0.3) is 11.3 Å². The summed E-state index contributed by atoms with van der Waals surface area (Å²) in [6.45, 7) is 1.70. The first-order valence-corrected chi connectivity index (χ1v) is 8.82. The van der Waals surface area contributed by atoms with E-state index in [1.165, 1.54) is 18.0 Å². The summed E-state index contributed by atoms with van der Waals surface area (Å²) in [5.41, 5.74) is 1.57. The lowest BCUT2D eigenvalue weighted by molar-refractivity contribution is -0.145. The molecule has 1 aromatic carbocycles. The number of amides is 1. The molecule has 0 saturated heterocycles. The number of ether oxygens (including phenoxy) is 1. The van der Waals surface area contributed by atoms with Gasteiger partial charge in [-0.05, 0) is 18.9 Å². The number of esters is 1. The quantitative estimate of drug-likeness (QED) is 0.576. The van der Waals surface area contributed by atoms with Crippen molar-refractivity contribution in [3.63, 3.8) is 0 Å². The van der Waals surface area contributed by atoms with Crippen LogP contribution < -0.4 is 10.9 Å². The number of aromatic nitrogens is 4. The number of benzene rings is 1. The number of carbonyl (C=O) groups is 2. The molecule has 0 unspecified atom stereocenters. The molecule has 0 saturated carbocycles. The maximum Gasteiger partial charge on any atom is 0.328 e. The van der Waals surface area contributed by atoms with Crippen molar-refractivity contribution in [1.29, 1.82) is 0 Å². The fourth-order valence-corrected chi connectivity index (χ4v) is 2.97. The van der Waals surface area contributed by atoms with Crippen LogP contribution in [0.3, 0.4) is 0 Å². The maximum absolute atomic E-state index is 12.5. The summed E-state index contributed by atoms with van der Waals surface area (Å²) in [6, 6.07) is 8.55. The Labute approximate surface area is 160 Å². The number of hydrogen-bond donors (Lipinski definition) is 2. The molecule has 28 heavy (non-hydrogen) atoms. The molecule has 1 amide bonds. The molecule has 1 atom stereocenters. The van der Waals surface area contributed by atoms with Crippen LogP contribution in [0.2, 0.25) is 0 Å². The van der Waals surface area contributed by atoms with E-state index >= 15 is 0 Å². The summed E-state index contributed by atoms with van der Waals surface area (Å²) in [5.74, 6) is -0.585. The number of nitrogens with zero attached hydrogens (tertiary/aromatic N) is 3. The van der Waals surface area contributed by atoms with Crippen molar-refractivity contribution in [2.75, 3.05) is 7.11 Å². The lowest BCUT2D eigenvalue weighted by atomic mass is 10.1. The SMILES string of the molecule is COC(=O)[C@H](Cc1ccccc1)NC(=O)CCc1c(C)nc2nc[nH]n2c1=O. The number of aromatic amines is 1. The van der Waals surface area contributed by atoms with Crippen molar-refractivity contribution in [3.05, 3.63) is 63.8 Å². The molecule has 146 valence electrons. The highest BCUT2D eigenvalue weighted by molar-refractivity contribution is 5.84. The first-order valence-electron chi connectivity index (χ1n) is 8.82. The van der Waals surface area contributed by atoms with Crippen LogP contribution in [0.5, 0.6) is 0 Å². The summed E-state index contributed by atoms with van der Waals surface area (Å²) < 4.78 is 6.03. The fourth-order valence-electron chi connectivity index (χ4n) is 2.97. The van der Waals surface area contributed by atoms with E-state index in [9.17, 15) is 14.4 Å². The van der Waals surface area contributed by atoms with Gasteiger partial charge in [-0.25, -0.2) is 14.8 Å². The van der Waals surface area contributed by atoms with Gasteiger partial charge in [-0.3, -0.25) is 14.7 Å². The Kier molecular flexibility index (Phi) is 5.83. The fraction of sp³-hybridized carbons (Fsp3) is 0.316. The van der Waals surface area contributed by atoms with Crippen molar-refractivity contribution in [2.45, 2.75) is 32.2 Å². The van der Waals surface area contributed by atoms with E-state index in [4.69, 9.17) is 4.74 Å². The van der Waals surface area contributed by atoms with Gasteiger partial charge in [0.1, 0.15) is 12.4 Å². The average Bonchev–Trinajstić information content (AvgIpc) is 3.16. The smallest absolute Gasteiger partial charge is 0.328 e. The zero-order valence-corrected chi connectivity index (χ0v) is 15.6. The topological polar surface area (TPSA) is 118 Å². The van der Waals surface area contributed by atoms with Crippen LogP contribution in [0, 0.1) is 6.92 Å². The normalized spacial score (nSPS) is 11.9. The molecular formula is C19H21N5O4. The van der Waals surface area contributed by atoms with Crippen molar-refractivity contribution < 1.29 is 14.3 Å². The Morgan fingerprint density at radius 3 is 2.75 bits per heavy atom. The molecule has 0 spiro atoms. The standard InChI is InChI=1S/C19H21N5O4/c1-12-14(17(26)24-19(22-12)20-11-21-24)8-9-16(25)23-15(18(27)28-2)10-13-6-4-3-5-7-13/h3-7,11,15H,8-10H2,1-2H3,(H,23,25)(H,20,21,22)/t15-/m0/s1. The number of aryl methyl sites for hydroxylation is 1. The minimum Gasteiger partial charge on any atom is -0.467 e. The largest absolute Gasteiger partial charge is 0.467 e. The number of carbonyl (C=O) groups excluding carboxylic acids is 2. The third kappa shape index (κ3) is 4.25. The Bertz CT molecular complexity index is 1040. The highest BCUT2D eigenvalue weighted by atomic mass is 16.5. The number of fused-ring (bicyclic) bond motifs is 1. The van der Waals surface area contributed by atoms with E-state index in [-0.39, 0.29) is 30.1 Å². The molecule has 0 aliphatic heterocycles. The molecule has 0 fully saturated rings. The second-order valence-electron chi connectivity index (χ2n) is 6.34. The molecule has 0 aliphatic carbocycles. The first-order chi connectivity index (χ1) is 13.5. The van der Waals surface area contributed by atoms with Gasteiger partial charge >= 0.3 is 5.97 Å². The van der Waals surface area contributed by atoms with E-state index in [2.05, 4.69) is 20.4 Å². The summed E-state index contributed by atoms with van der Waals surface area (Å²) in [7, 11) is 1.28. The molecule has 0 aliphatic rings. The monoisotopic (exact) mass is 383 g/mol. The Hall–Kier alpha value is -3.49. The van der Waals surface area contributed by atoms with E-state index in [1.54, 1.807) is 6.92 Å². The van der Waals surface area contributed by atoms with Crippen LogP contribution in [-0.2, 0) is 27.2 Å². The number of methoxy groups -OCH3 is 1. The summed E-state index contributed by atoms with van der Waals surface area (Å²) in [6.07, 6.45) is 1.94. The lowest BCUT2D eigenvalue weighted by Crippen LogP contribution is -2.43. The average molecular weight is 383 g/mol. The second kappa shape index (κ2) is 8.47. The van der Waals surface area contributed by atoms with Gasteiger partial charge in [0.05, 0.1) is 12.8 Å². The van der Waals surface area contributed by atoms with E-state index in [1.807, 2.05) is 30.3 Å². The van der Waals surface area contributed by atoms with Gasteiger partial charge < -0.3 is 10.1 Å². The third-order valence-corrected chi connectivity index (χ3v) is 4.44. The van der Waals surface area contributed by atoms with Gasteiger partial charge in [0.15, 0.2) is 0 Å². The van der Waals surface area contributed by atoms with Crippen molar-refractivity contribution in [1.82, 2.24) is 24.9 Å². The van der Waals surface area contributed by atoms with Gasteiger partial charge in [-0.15, -0.1) is 0 Å². The molecule has 0 bridgehead atoms. The molecule has 9 nitrogen and oxygen atoms in total. The number of H-pyrrole nitrogens is 1. The second-order valence-corrected chi connectivity index (χ2v) is 6.34. The van der Waals surface area contributed by atoms with Crippen LogP contribution in [0.15, 0.2) is 41.5 Å². The highest BCUT2D eigenvalue weighted by Crippen LogP contribution is 2.07. The van der Waals surface area contributed by atoms with Crippen molar-refractivity contribution in [3.8, 4) is 0 Å². The molecule has 3 rings (SSSR count). The minimum atomic E-state index is -0.796. The molecule has 2 heterocycles. The summed E-state index contributed by atoms with van der Waals surface area (Å²) in [4.78, 5) is 45.1. The minimum absolute atomic E-state index is 0.0419. The third-order valence-electron chi connectivity index (χ3n) is 4.44. The van der Waals surface area contributed by atoms with Crippen molar-refractivity contribution >= 4 is 17.7 Å². The predicted molar refractivity (Wildman–Crippen MR) is 101 cm³/mol. The molecule has 0 radical (unpaired) electrons. The van der Waals surface area contributed by atoms with Crippen molar-refractivity contribution in [2.24, 2.45) is 0 Å². The molecule has 2 aromatic heterocycles. The zero-order chi connectivity index (χ0) is 20.1. The van der Waals surface area contributed by atoms with Crippen LogP contribution in [0.4, 0.5) is 0 Å². The zero-order valence-electron chi connectivity index (χ0n) is 15.6. The number of hydrogen-bond acceptors (Lipinski definition) is 6. The predicted octanol–water partition coefficient (Wildman–Crippen LogP) is 0.559. The molecule has 2 N–H and O–H groups in total. The number of rotatable bonds is 7. The van der Waals surface area contributed by atoms with E-state index < -0.39 is 12.0 Å². The van der Waals surface area contributed by atoms with Gasteiger partial charge in [0.2, 0.25) is 5.91 Å². The van der Waals surface area contributed by atoms with Crippen LogP contribution in [0.25, 0.3) is 5.78 Å². The summed E-state index contributed by atoms with van der Waals surface area (Å²) >= 11 is 0. The van der Waals surface area contributed by atoms with E-state index in [0.29, 0.717) is 17.7 Å². The van der Waals surface area contributed by atoms with Gasteiger partial charge in [0, 0.05) is 18.4 Å².